The number of hydrogen-bond acceptors (Lipinski definition) is 3. The highest BCUT2D eigenvalue weighted by Crippen LogP contribution is 2.32. The molecule has 13 heavy (non-hydrogen) atoms. The molecule has 0 saturated carbocycles. The Morgan fingerprint density at radius 2 is 2.00 bits per heavy atom. The minimum absolute atomic E-state index is 0.162. The van der Waals surface area contributed by atoms with E-state index < -0.39 is 9.84 Å². The molecular weight excluding hydrogens is 188 g/mol. The molecule has 1 saturated heterocycles. The average molecular weight is 204 g/mol. The lowest BCUT2D eigenvalue weighted by molar-refractivity contribution is 0.143. The SMILES string of the molecule is CC(C)=COCC1(C)CS(=O)(=O)C1. The van der Waals surface area contributed by atoms with E-state index in [1.54, 1.807) is 6.26 Å². The van der Waals surface area contributed by atoms with E-state index in [0.29, 0.717) is 6.61 Å². The summed E-state index contributed by atoms with van der Waals surface area (Å²) in [6, 6.07) is 0. The summed E-state index contributed by atoms with van der Waals surface area (Å²) in [5.41, 5.74) is 0.927. The molecule has 1 aliphatic rings. The van der Waals surface area contributed by atoms with Gasteiger partial charge in [-0.05, 0) is 19.4 Å². The zero-order valence-electron chi connectivity index (χ0n) is 8.33. The van der Waals surface area contributed by atoms with Crippen LogP contribution in [0.2, 0.25) is 0 Å². The van der Waals surface area contributed by atoms with Gasteiger partial charge < -0.3 is 4.74 Å². The van der Waals surface area contributed by atoms with Crippen LogP contribution in [-0.2, 0) is 14.6 Å². The number of allylic oxidation sites excluding steroid dienone is 1. The van der Waals surface area contributed by atoms with Crippen molar-refractivity contribution in [1.82, 2.24) is 0 Å². The third-order valence-corrected chi connectivity index (χ3v) is 4.16. The minimum Gasteiger partial charge on any atom is -0.501 e. The van der Waals surface area contributed by atoms with Crippen LogP contribution in [0.25, 0.3) is 0 Å². The van der Waals surface area contributed by atoms with E-state index in [1.807, 2.05) is 20.8 Å². The van der Waals surface area contributed by atoms with Crippen LogP contribution in [0.4, 0.5) is 0 Å². The largest absolute Gasteiger partial charge is 0.501 e. The van der Waals surface area contributed by atoms with Crippen LogP contribution in [0.1, 0.15) is 20.8 Å². The molecule has 0 atom stereocenters. The van der Waals surface area contributed by atoms with Crippen LogP contribution < -0.4 is 0 Å². The van der Waals surface area contributed by atoms with Gasteiger partial charge in [-0.15, -0.1) is 0 Å². The number of rotatable bonds is 3. The molecule has 0 aromatic heterocycles. The molecule has 0 N–H and O–H groups in total. The van der Waals surface area contributed by atoms with E-state index in [4.69, 9.17) is 4.74 Å². The zero-order chi connectivity index (χ0) is 10.1. The Labute approximate surface area is 79.7 Å². The average Bonchev–Trinajstić information content (AvgIpc) is 1.80. The molecule has 0 aromatic carbocycles. The predicted octanol–water partition coefficient (Wildman–Crippen LogP) is 1.36. The molecule has 0 aliphatic carbocycles. The number of hydrogen-bond donors (Lipinski definition) is 0. The van der Waals surface area contributed by atoms with Crippen molar-refractivity contribution in [3.05, 3.63) is 11.8 Å². The molecule has 0 spiro atoms. The molecule has 0 radical (unpaired) electrons. The van der Waals surface area contributed by atoms with Crippen LogP contribution in [0.5, 0.6) is 0 Å². The second-order valence-electron chi connectivity index (χ2n) is 4.35. The van der Waals surface area contributed by atoms with Crippen molar-refractivity contribution in [1.29, 1.82) is 0 Å². The van der Waals surface area contributed by atoms with Crippen LogP contribution in [0.3, 0.4) is 0 Å². The van der Waals surface area contributed by atoms with Gasteiger partial charge in [-0.3, -0.25) is 0 Å². The summed E-state index contributed by atoms with van der Waals surface area (Å²) >= 11 is 0. The van der Waals surface area contributed by atoms with Crippen LogP contribution in [0, 0.1) is 5.41 Å². The highest BCUT2D eigenvalue weighted by molar-refractivity contribution is 7.92. The van der Waals surface area contributed by atoms with Crippen LogP contribution in [0.15, 0.2) is 11.8 Å². The monoisotopic (exact) mass is 204 g/mol. The first kappa shape index (κ1) is 10.6. The van der Waals surface area contributed by atoms with E-state index >= 15 is 0 Å². The Morgan fingerprint density at radius 3 is 2.38 bits per heavy atom. The van der Waals surface area contributed by atoms with Crippen molar-refractivity contribution in [3.63, 3.8) is 0 Å². The summed E-state index contributed by atoms with van der Waals surface area (Å²) < 4.78 is 27.1. The summed E-state index contributed by atoms with van der Waals surface area (Å²) in [4.78, 5) is 0. The Bertz CT molecular complexity index is 298. The lowest BCUT2D eigenvalue weighted by Crippen LogP contribution is -2.49. The molecule has 0 aromatic rings. The van der Waals surface area contributed by atoms with E-state index in [0.717, 1.165) is 5.57 Å². The summed E-state index contributed by atoms with van der Waals surface area (Å²) in [5.74, 6) is 0.521. The Hall–Kier alpha value is -0.510. The smallest absolute Gasteiger partial charge is 0.151 e. The van der Waals surface area contributed by atoms with Crippen LogP contribution in [-0.4, -0.2) is 26.5 Å². The summed E-state index contributed by atoms with van der Waals surface area (Å²) in [7, 11) is -2.74. The topological polar surface area (TPSA) is 43.4 Å². The van der Waals surface area contributed by atoms with E-state index in [9.17, 15) is 8.42 Å². The first-order chi connectivity index (χ1) is 5.83. The fraction of sp³-hybridized carbons (Fsp3) is 0.778. The van der Waals surface area contributed by atoms with Crippen molar-refractivity contribution in [2.75, 3.05) is 18.1 Å². The highest BCUT2D eigenvalue weighted by atomic mass is 32.2. The van der Waals surface area contributed by atoms with E-state index in [1.165, 1.54) is 0 Å². The second-order valence-corrected chi connectivity index (χ2v) is 6.41. The number of ether oxygens (including phenoxy) is 1. The van der Waals surface area contributed by atoms with Gasteiger partial charge in [0.2, 0.25) is 0 Å². The lowest BCUT2D eigenvalue weighted by Gasteiger charge is -2.36. The van der Waals surface area contributed by atoms with Gasteiger partial charge in [0.05, 0.1) is 24.4 Å². The Balaban J connectivity index is 2.36. The third kappa shape index (κ3) is 3.03. The molecule has 4 heteroatoms. The predicted molar refractivity (Wildman–Crippen MR) is 52.1 cm³/mol. The van der Waals surface area contributed by atoms with Gasteiger partial charge in [0, 0.05) is 5.41 Å². The second kappa shape index (κ2) is 3.33. The molecule has 76 valence electrons. The molecule has 3 nitrogen and oxygen atoms in total. The van der Waals surface area contributed by atoms with Crippen molar-refractivity contribution in [2.24, 2.45) is 5.41 Å². The van der Waals surface area contributed by atoms with Crippen molar-refractivity contribution < 1.29 is 13.2 Å². The summed E-state index contributed by atoms with van der Waals surface area (Å²) in [5, 5.41) is 0. The van der Waals surface area contributed by atoms with Crippen molar-refractivity contribution in [2.45, 2.75) is 20.8 Å². The van der Waals surface area contributed by atoms with Gasteiger partial charge in [0.25, 0.3) is 0 Å². The molecule has 1 fully saturated rings. The van der Waals surface area contributed by atoms with Gasteiger partial charge in [-0.25, -0.2) is 8.42 Å². The molecule has 1 heterocycles. The first-order valence-corrected chi connectivity index (χ1v) is 6.11. The molecule has 1 rings (SSSR count). The maximum Gasteiger partial charge on any atom is 0.151 e. The van der Waals surface area contributed by atoms with Crippen molar-refractivity contribution in [3.8, 4) is 0 Å². The fourth-order valence-corrected chi connectivity index (χ4v) is 3.72. The number of sulfone groups is 1. The minimum atomic E-state index is -2.74. The van der Waals surface area contributed by atoms with Gasteiger partial charge in [0.1, 0.15) is 0 Å². The highest BCUT2D eigenvalue weighted by Gasteiger charge is 2.45. The van der Waals surface area contributed by atoms with E-state index in [-0.39, 0.29) is 16.9 Å². The third-order valence-electron chi connectivity index (χ3n) is 1.89. The molecule has 0 bridgehead atoms. The van der Waals surface area contributed by atoms with Crippen LogP contribution >= 0.6 is 0 Å². The molecular formula is C9H16O3S. The fourth-order valence-electron chi connectivity index (χ4n) is 1.51. The quantitative estimate of drug-likeness (QED) is 0.652. The van der Waals surface area contributed by atoms with Gasteiger partial charge >= 0.3 is 0 Å². The zero-order valence-corrected chi connectivity index (χ0v) is 9.15. The van der Waals surface area contributed by atoms with Crippen molar-refractivity contribution >= 4 is 9.84 Å². The maximum absolute atomic E-state index is 10.9. The maximum atomic E-state index is 10.9. The first-order valence-electron chi connectivity index (χ1n) is 4.28. The summed E-state index contributed by atoms with van der Waals surface area (Å²) in [6.45, 7) is 6.32. The Kier molecular flexibility index (Phi) is 2.71. The Morgan fingerprint density at radius 1 is 1.46 bits per heavy atom. The lowest BCUT2D eigenvalue weighted by atomic mass is 9.96. The normalized spacial score (nSPS) is 23.0. The molecule has 0 unspecified atom stereocenters. The standard InChI is InChI=1S/C9H16O3S/c1-8(2)4-12-5-9(3)6-13(10,11)7-9/h4H,5-7H2,1-3H3. The van der Waals surface area contributed by atoms with Gasteiger partial charge in [-0.1, -0.05) is 6.92 Å². The summed E-state index contributed by atoms with van der Waals surface area (Å²) in [6.07, 6.45) is 1.68. The van der Waals surface area contributed by atoms with E-state index in [2.05, 4.69) is 0 Å². The molecule has 0 amide bonds. The van der Waals surface area contributed by atoms with Gasteiger partial charge in [-0.2, -0.15) is 0 Å². The molecule has 1 aliphatic heterocycles. The van der Waals surface area contributed by atoms with Gasteiger partial charge in [0.15, 0.2) is 9.84 Å².